The third-order valence-electron chi connectivity index (χ3n) is 3.86. The predicted molar refractivity (Wildman–Crippen MR) is 73.7 cm³/mol. The molecule has 6 nitrogen and oxygen atoms in total. The van der Waals surface area contributed by atoms with Gasteiger partial charge in [0.1, 0.15) is 0 Å². The van der Waals surface area contributed by atoms with Crippen molar-refractivity contribution in [1.29, 1.82) is 0 Å². The maximum absolute atomic E-state index is 12.3. The molecule has 0 spiro atoms. The van der Waals surface area contributed by atoms with E-state index < -0.39 is 0 Å². The molecular weight excluding hydrogens is 242 g/mol. The minimum atomic E-state index is -0.00680. The van der Waals surface area contributed by atoms with E-state index in [0.717, 1.165) is 26.1 Å². The number of hydrogen-bond acceptors (Lipinski definition) is 5. The van der Waals surface area contributed by atoms with Gasteiger partial charge in [0.2, 0.25) is 5.91 Å². The van der Waals surface area contributed by atoms with Crippen LogP contribution in [0.15, 0.2) is 0 Å². The molecular formula is C13H23N5O. The lowest BCUT2D eigenvalue weighted by Crippen LogP contribution is -2.54. The predicted octanol–water partition coefficient (Wildman–Crippen LogP) is -1.18. The zero-order valence-electron chi connectivity index (χ0n) is 11.4. The Kier molecular flexibility index (Phi) is 5.16. The van der Waals surface area contributed by atoms with Gasteiger partial charge < -0.3 is 5.32 Å². The third kappa shape index (κ3) is 3.67. The van der Waals surface area contributed by atoms with E-state index in [4.69, 9.17) is 6.42 Å². The number of carbonyl (C=O) groups excluding carboxylic acids is 1. The number of amides is 1. The molecule has 0 aliphatic carbocycles. The number of rotatable bonds is 4. The quantitative estimate of drug-likeness (QED) is 0.482. The van der Waals surface area contributed by atoms with Gasteiger partial charge in [0.05, 0.1) is 5.92 Å². The molecule has 2 heterocycles. The van der Waals surface area contributed by atoms with E-state index in [0.29, 0.717) is 13.0 Å². The van der Waals surface area contributed by atoms with Crippen molar-refractivity contribution in [3.05, 3.63) is 0 Å². The normalized spacial score (nSPS) is 31.9. The van der Waals surface area contributed by atoms with Crippen molar-refractivity contribution in [1.82, 2.24) is 26.6 Å². The fraction of sp³-hybridized carbons (Fsp3) is 0.769. The number of carbonyl (C=O) groups is 1. The van der Waals surface area contributed by atoms with Gasteiger partial charge in [-0.1, -0.05) is 0 Å². The molecule has 6 heteroatoms. The Morgan fingerprint density at radius 1 is 1.47 bits per heavy atom. The van der Waals surface area contributed by atoms with Crippen molar-refractivity contribution in [2.75, 3.05) is 26.2 Å². The Hall–Kier alpha value is -1.13. The molecule has 3 atom stereocenters. The number of terminal acetylenes is 1. The topological polar surface area (TPSA) is 68.4 Å². The number of hydrazine groups is 2. The van der Waals surface area contributed by atoms with E-state index in [1.807, 2.05) is 0 Å². The first kappa shape index (κ1) is 14.3. The molecule has 0 aromatic rings. The molecule has 2 aliphatic rings. The van der Waals surface area contributed by atoms with Gasteiger partial charge in [-0.05, 0) is 13.3 Å². The highest BCUT2D eigenvalue weighted by atomic mass is 16.2. The van der Waals surface area contributed by atoms with Gasteiger partial charge in [-0.2, -0.15) is 0 Å². The van der Waals surface area contributed by atoms with Gasteiger partial charge in [0.15, 0.2) is 0 Å². The summed E-state index contributed by atoms with van der Waals surface area (Å²) in [6.45, 7) is 5.21. The summed E-state index contributed by atoms with van der Waals surface area (Å²) in [4.78, 5) is 12.3. The first-order valence-corrected chi connectivity index (χ1v) is 6.92. The summed E-state index contributed by atoms with van der Waals surface area (Å²) in [5.74, 6) is 2.76. The Balaban J connectivity index is 1.81. The molecule has 0 radical (unpaired) electrons. The van der Waals surface area contributed by atoms with Crippen LogP contribution in [0.1, 0.15) is 19.8 Å². The van der Waals surface area contributed by atoms with E-state index in [9.17, 15) is 4.79 Å². The van der Waals surface area contributed by atoms with Gasteiger partial charge in [0, 0.05) is 44.7 Å². The summed E-state index contributed by atoms with van der Waals surface area (Å²) in [7, 11) is 0. The lowest BCUT2D eigenvalue weighted by molar-refractivity contribution is -0.126. The molecule has 0 saturated carbocycles. The number of nitrogens with one attached hydrogen (secondary N) is 4. The lowest BCUT2D eigenvalue weighted by Gasteiger charge is -2.27. The van der Waals surface area contributed by atoms with E-state index in [-0.39, 0.29) is 23.9 Å². The van der Waals surface area contributed by atoms with Crippen LogP contribution in [-0.2, 0) is 4.79 Å². The van der Waals surface area contributed by atoms with Crippen LogP contribution in [0.25, 0.3) is 0 Å². The minimum Gasteiger partial charge on any atom is -0.352 e. The average Bonchev–Trinajstić information content (AvgIpc) is 2.79. The maximum Gasteiger partial charge on any atom is 0.226 e. The van der Waals surface area contributed by atoms with Gasteiger partial charge in [-0.3, -0.25) is 21.1 Å². The van der Waals surface area contributed by atoms with E-state index in [1.165, 1.54) is 0 Å². The van der Waals surface area contributed by atoms with Crippen LogP contribution in [0.5, 0.6) is 0 Å². The van der Waals surface area contributed by atoms with Crippen LogP contribution < -0.4 is 21.6 Å². The zero-order valence-corrected chi connectivity index (χ0v) is 11.4. The molecule has 0 aromatic heterocycles. The van der Waals surface area contributed by atoms with E-state index in [2.05, 4.69) is 39.4 Å². The molecule has 2 rings (SSSR count). The number of hydrogen-bond donors (Lipinski definition) is 4. The maximum atomic E-state index is 12.3. The van der Waals surface area contributed by atoms with Crippen molar-refractivity contribution < 1.29 is 4.79 Å². The van der Waals surface area contributed by atoms with Crippen LogP contribution in [0.4, 0.5) is 0 Å². The van der Waals surface area contributed by atoms with Crippen LogP contribution in [0, 0.1) is 18.3 Å². The smallest absolute Gasteiger partial charge is 0.226 e. The van der Waals surface area contributed by atoms with Crippen molar-refractivity contribution in [3.63, 3.8) is 0 Å². The van der Waals surface area contributed by atoms with Crippen molar-refractivity contribution in [2.24, 2.45) is 5.92 Å². The lowest BCUT2D eigenvalue weighted by atomic mass is 10.0. The molecule has 1 amide bonds. The third-order valence-corrected chi connectivity index (χ3v) is 3.86. The molecule has 19 heavy (non-hydrogen) atoms. The highest BCUT2D eigenvalue weighted by Crippen LogP contribution is 2.16. The molecule has 2 fully saturated rings. The largest absolute Gasteiger partial charge is 0.352 e. The van der Waals surface area contributed by atoms with Crippen LogP contribution >= 0.6 is 0 Å². The summed E-state index contributed by atoms with van der Waals surface area (Å²) in [5, 5.41) is 5.19. The fourth-order valence-electron chi connectivity index (χ4n) is 2.59. The van der Waals surface area contributed by atoms with Crippen molar-refractivity contribution >= 4 is 5.91 Å². The van der Waals surface area contributed by atoms with Gasteiger partial charge in [0.25, 0.3) is 0 Å². The zero-order chi connectivity index (χ0) is 13.7. The van der Waals surface area contributed by atoms with Crippen LogP contribution in [0.3, 0.4) is 0 Å². The molecule has 3 unspecified atom stereocenters. The summed E-state index contributed by atoms with van der Waals surface area (Å²) >= 11 is 0. The standard InChI is InChI=1S/C13H23N5O/c1-3-4-7-18-10(2)12(9-16-18)13(19)17-11-5-6-14-15-8-11/h1,10-12,14-16H,4-9H2,2H3,(H,17,19). The summed E-state index contributed by atoms with van der Waals surface area (Å²) in [6.07, 6.45) is 6.94. The number of nitrogens with zero attached hydrogens (tertiary/aromatic N) is 1. The second-order valence-corrected chi connectivity index (χ2v) is 5.16. The molecule has 106 valence electrons. The Labute approximate surface area is 114 Å². The minimum absolute atomic E-state index is 0.00680. The van der Waals surface area contributed by atoms with Crippen molar-refractivity contribution in [3.8, 4) is 12.3 Å². The first-order valence-electron chi connectivity index (χ1n) is 6.92. The Bertz CT molecular complexity index is 347. The SMILES string of the molecule is C#CCCN1NCC(C(=O)NC2CCNNC2)C1C. The molecule has 0 bridgehead atoms. The van der Waals surface area contributed by atoms with Gasteiger partial charge >= 0.3 is 0 Å². The first-order chi connectivity index (χ1) is 9.22. The summed E-state index contributed by atoms with van der Waals surface area (Å²) in [6, 6.07) is 0.406. The van der Waals surface area contributed by atoms with Crippen LogP contribution in [-0.4, -0.2) is 49.2 Å². The second-order valence-electron chi connectivity index (χ2n) is 5.16. The Morgan fingerprint density at radius 3 is 3.00 bits per heavy atom. The monoisotopic (exact) mass is 265 g/mol. The average molecular weight is 265 g/mol. The molecule has 0 aromatic carbocycles. The second kappa shape index (κ2) is 6.87. The van der Waals surface area contributed by atoms with Gasteiger partial charge in [-0.25, -0.2) is 5.01 Å². The van der Waals surface area contributed by atoms with Crippen LogP contribution in [0.2, 0.25) is 0 Å². The highest BCUT2D eigenvalue weighted by molar-refractivity contribution is 5.80. The molecule has 2 saturated heterocycles. The molecule has 4 N–H and O–H groups in total. The van der Waals surface area contributed by atoms with E-state index in [1.54, 1.807) is 0 Å². The summed E-state index contributed by atoms with van der Waals surface area (Å²) in [5.41, 5.74) is 9.38. The van der Waals surface area contributed by atoms with Gasteiger partial charge in [-0.15, -0.1) is 12.3 Å². The Morgan fingerprint density at radius 2 is 2.32 bits per heavy atom. The fourth-order valence-corrected chi connectivity index (χ4v) is 2.59. The molecule has 2 aliphatic heterocycles. The highest BCUT2D eigenvalue weighted by Gasteiger charge is 2.35. The summed E-state index contributed by atoms with van der Waals surface area (Å²) < 4.78 is 0. The van der Waals surface area contributed by atoms with Crippen molar-refractivity contribution in [2.45, 2.75) is 31.8 Å². The van der Waals surface area contributed by atoms with E-state index >= 15 is 0 Å².